The largest absolute Gasteiger partial charge is 0.323 e. The Bertz CT molecular complexity index is 529. The van der Waals surface area contributed by atoms with Gasteiger partial charge in [-0.1, -0.05) is 0 Å². The maximum absolute atomic E-state index is 13.5. The maximum Gasteiger partial charge on any atom is 0.151 e. The van der Waals surface area contributed by atoms with E-state index in [1.54, 1.807) is 0 Å². The van der Waals surface area contributed by atoms with Crippen LogP contribution in [0.4, 0.5) is 8.78 Å². The van der Waals surface area contributed by atoms with Crippen LogP contribution in [-0.4, -0.2) is 19.9 Å². The van der Waals surface area contributed by atoms with E-state index in [2.05, 4.69) is 0 Å². The molecule has 6 heteroatoms. The molecule has 2 atom stereocenters. The van der Waals surface area contributed by atoms with Crippen LogP contribution in [0.2, 0.25) is 0 Å². The SMILES string of the molecule is Cc1cc(C(N)C(C)S(C)(=O)=O)c(F)cc1F. The van der Waals surface area contributed by atoms with Crippen LogP contribution in [0, 0.1) is 18.6 Å². The summed E-state index contributed by atoms with van der Waals surface area (Å²) in [5.41, 5.74) is 5.95. The molecule has 0 amide bonds. The number of halogens is 2. The minimum absolute atomic E-state index is 0.0156. The number of nitrogens with two attached hydrogens (primary N) is 1. The number of benzene rings is 1. The molecule has 0 saturated carbocycles. The van der Waals surface area contributed by atoms with Crippen LogP contribution in [0.5, 0.6) is 0 Å². The van der Waals surface area contributed by atoms with E-state index in [1.807, 2.05) is 0 Å². The van der Waals surface area contributed by atoms with Crippen molar-refractivity contribution >= 4 is 9.84 Å². The topological polar surface area (TPSA) is 60.2 Å². The summed E-state index contributed by atoms with van der Waals surface area (Å²) >= 11 is 0. The van der Waals surface area contributed by atoms with Crippen LogP contribution < -0.4 is 5.73 Å². The summed E-state index contributed by atoms with van der Waals surface area (Å²) in [5, 5.41) is -0.929. The highest BCUT2D eigenvalue weighted by Crippen LogP contribution is 2.24. The Hall–Kier alpha value is -1.01. The Morgan fingerprint density at radius 3 is 2.24 bits per heavy atom. The molecule has 0 bridgehead atoms. The highest BCUT2D eigenvalue weighted by Gasteiger charge is 2.26. The molecular formula is C11H15F2NO2S. The fourth-order valence-corrected chi connectivity index (χ4v) is 2.13. The second-order valence-corrected chi connectivity index (χ2v) is 6.59. The van der Waals surface area contributed by atoms with Crippen molar-refractivity contribution in [1.82, 2.24) is 0 Å². The van der Waals surface area contributed by atoms with Crippen LogP contribution in [0.15, 0.2) is 12.1 Å². The molecule has 0 saturated heterocycles. The lowest BCUT2D eigenvalue weighted by molar-refractivity contribution is 0.536. The van der Waals surface area contributed by atoms with Gasteiger partial charge in [0.1, 0.15) is 11.6 Å². The number of hydrogen-bond acceptors (Lipinski definition) is 3. The molecule has 17 heavy (non-hydrogen) atoms. The summed E-state index contributed by atoms with van der Waals surface area (Å²) in [6, 6.07) is 0.959. The van der Waals surface area contributed by atoms with E-state index in [0.717, 1.165) is 12.3 Å². The smallest absolute Gasteiger partial charge is 0.151 e. The van der Waals surface area contributed by atoms with Gasteiger partial charge in [0.15, 0.2) is 9.84 Å². The predicted octanol–water partition coefficient (Wildman–Crippen LogP) is 1.71. The van der Waals surface area contributed by atoms with E-state index in [0.29, 0.717) is 0 Å². The van der Waals surface area contributed by atoms with Crippen LogP contribution in [-0.2, 0) is 9.84 Å². The fraction of sp³-hybridized carbons (Fsp3) is 0.455. The molecule has 0 aliphatic rings. The zero-order chi connectivity index (χ0) is 13.4. The first-order chi connectivity index (χ1) is 7.64. The molecule has 0 fully saturated rings. The molecule has 1 aromatic rings. The zero-order valence-corrected chi connectivity index (χ0v) is 10.7. The third kappa shape index (κ3) is 3.01. The van der Waals surface area contributed by atoms with Crippen molar-refractivity contribution in [2.45, 2.75) is 25.1 Å². The maximum atomic E-state index is 13.5. The van der Waals surface area contributed by atoms with Crippen molar-refractivity contribution in [2.24, 2.45) is 5.73 Å². The molecule has 2 N–H and O–H groups in total. The van der Waals surface area contributed by atoms with Gasteiger partial charge in [0.05, 0.1) is 5.25 Å². The van der Waals surface area contributed by atoms with Gasteiger partial charge in [-0.15, -0.1) is 0 Å². The van der Waals surface area contributed by atoms with Gasteiger partial charge in [0.2, 0.25) is 0 Å². The summed E-state index contributed by atoms with van der Waals surface area (Å²) in [7, 11) is -3.38. The molecule has 1 aromatic carbocycles. The van der Waals surface area contributed by atoms with Crippen molar-refractivity contribution in [2.75, 3.05) is 6.26 Å². The lowest BCUT2D eigenvalue weighted by Crippen LogP contribution is -2.31. The summed E-state index contributed by atoms with van der Waals surface area (Å²) in [5.74, 6) is -1.50. The van der Waals surface area contributed by atoms with Gasteiger partial charge in [0, 0.05) is 23.9 Å². The minimum Gasteiger partial charge on any atom is -0.323 e. The summed E-state index contributed by atoms with van der Waals surface area (Å²) in [6.07, 6.45) is 1.03. The standard InChI is InChI=1S/C11H15F2NO2S/c1-6-4-8(10(13)5-9(6)12)11(14)7(2)17(3,15)16/h4-5,7,11H,14H2,1-3H3. The Kier molecular flexibility index (Phi) is 3.88. The quantitative estimate of drug-likeness (QED) is 0.903. The molecule has 2 unspecified atom stereocenters. The van der Waals surface area contributed by atoms with Gasteiger partial charge in [0.25, 0.3) is 0 Å². The van der Waals surface area contributed by atoms with Gasteiger partial charge in [-0.3, -0.25) is 0 Å². The molecule has 0 aliphatic carbocycles. The Labute approximate surface area is 99.6 Å². The molecule has 96 valence electrons. The van der Waals surface area contributed by atoms with Crippen molar-refractivity contribution < 1.29 is 17.2 Å². The van der Waals surface area contributed by atoms with Gasteiger partial charge in [-0.2, -0.15) is 0 Å². The van der Waals surface area contributed by atoms with Gasteiger partial charge in [-0.25, -0.2) is 17.2 Å². The summed E-state index contributed by atoms with van der Waals surface area (Å²) in [6.45, 7) is 2.87. The lowest BCUT2D eigenvalue weighted by atomic mass is 10.0. The molecule has 0 radical (unpaired) electrons. The number of aryl methyl sites for hydroxylation is 1. The van der Waals surface area contributed by atoms with Crippen molar-refractivity contribution in [3.8, 4) is 0 Å². The first kappa shape index (κ1) is 14.1. The molecule has 3 nitrogen and oxygen atoms in total. The normalized spacial score (nSPS) is 15.6. The van der Waals surface area contributed by atoms with Gasteiger partial charge in [-0.05, 0) is 25.5 Å². The zero-order valence-electron chi connectivity index (χ0n) is 9.87. The fourth-order valence-electron chi connectivity index (χ4n) is 1.45. The van der Waals surface area contributed by atoms with Gasteiger partial charge < -0.3 is 5.73 Å². The van der Waals surface area contributed by atoms with Crippen LogP contribution in [0.25, 0.3) is 0 Å². The molecule has 0 spiro atoms. The Balaban J connectivity index is 3.22. The Morgan fingerprint density at radius 1 is 1.24 bits per heavy atom. The average molecular weight is 263 g/mol. The average Bonchev–Trinajstić information content (AvgIpc) is 2.20. The molecule has 0 aliphatic heterocycles. The van der Waals surface area contributed by atoms with E-state index in [-0.39, 0.29) is 11.1 Å². The van der Waals surface area contributed by atoms with Crippen LogP contribution in [0.1, 0.15) is 24.1 Å². The first-order valence-corrected chi connectivity index (χ1v) is 7.00. The third-order valence-electron chi connectivity index (χ3n) is 2.82. The number of hydrogen-bond donors (Lipinski definition) is 1. The highest BCUT2D eigenvalue weighted by molar-refractivity contribution is 7.91. The van der Waals surface area contributed by atoms with E-state index in [4.69, 9.17) is 5.73 Å². The van der Waals surface area contributed by atoms with E-state index in [1.165, 1.54) is 19.9 Å². The second-order valence-electron chi connectivity index (χ2n) is 4.18. The van der Waals surface area contributed by atoms with Gasteiger partial charge >= 0.3 is 0 Å². The van der Waals surface area contributed by atoms with E-state index >= 15 is 0 Å². The summed E-state index contributed by atoms with van der Waals surface area (Å²) < 4.78 is 49.2. The van der Waals surface area contributed by atoms with E-state index < -0.39 is 32.8 Å². The second kappa shape index (κ2) is 4.70. The molecular weight excluding hydrogens is 248 g/mol. The summed E-state index contributed by atoms with van der Waals surface area (Å²) in [4.78, 5) is 0. The predicted molar refractivity (Wildman–Crippen MR) is 62.3 cm³/mol. The van der Waals surface area contributed by atoms with Crippen molar-refractivity contribution in [1.29, 1.82) is 0 Å². The lowest BCUT2D eigenvalue weighted by Gasteiger charge is -2.19. The molecule has 0 heterocycles. The number of rotatable bonds is 3. The highest BCUT2D eigenvalue weighted by atomic mass is 32.2. The molecule has 0 aromatic heterocycles. The first-order valence-electron chi connectivity index (χ1n) is 5.04. The van der Waals surface area contributed by atoms with Crippen LogP contribution >= 0.6 is 0 Å². The molecule has 1 rings (SSSR count). The van der Waals surface area contributed by atoms with Crippen molar-refractivity contribution in [3.63, 3.8) is 0 Å². The Morgan fingerprint density at radius 2 is 1.76 bits per heavy atom. The minimum atomic E-state index is -3.38. The third-order valence-corrected chi connectivity index (χ3v) is 4.46. The monoisotopic (exact) mass is 263 g/mol. The van der Waals surface area contributed by atoms with Crippen molar-refractivity contribution in [3.05, 3.63) is 34.9 Å². The number of sulfone groups is 1. The van der Waals surface area contributed by atoms with E-state index in [9.17, 15) is 17.2 Å². The van der Waals surface area contributed by atoms with Crippen LogP contribution in [0.3, 0.4) is 0 Å².